The molecule has 7 heteroatoms. The summed E-state index contributed by atoms with van der Waals surface area (Å²) in [5.74, 6) is -0.288. The number of aryl methyl sites for hydroxylation is 1. The quantitative estimate of drug-likeness (QED) is 0.824. The van der Waals surface area contributed by atoms with Gasteiger partial charge in [0, 0.05) is 17.5 Å². The second-order valence-electron chi connectivity index (χ2n) is 6.33. The monoisotopic (exact) mass is 362 g/mol. The van der Waals surface area contributed by atoms with Crippen LogP contribution in [0.4, 0.5) is 0 Å². The third-order valence-corrected chi connectivity index (χ3v) is 4.44. The molecule has 0 saturated carbocycles. The van der Waals surface area contributed by atoms with Crippen molar-refractivity contribution < 1.29 is 13.9 Å². The number of ether oxygens (including phenoxy) is 1. The molecule has 0 aliphatic heterocycles. The fourth-order valence-corrected chi connectivity index (χ4v) is 2.42. The number of hydrogen-bond donors (Lipinski definition) is 1. The highest BCUT2D eigenvalue weighted by Gasteiger charge is 2.30. The third kappa shape index (κ3) is 4.12. The minimum Gasteiger partial charge on any atom is -0.482 e. The van der Waals surface area contributed by atoms with E-state index in [1.165, 1.54) is 12.1 Å². The number of nitrogens with one attached hydrogen (secondary N) is 1. The Morgan fingerprint density at radius 1 is 1.44 bits per heavy atom. The average molecular weight is 363 g/mol. The number of nitrogens with zero attached hydrogens (tertiary/aromatic N) is 1. The van der Waals surface area contributed by atoms with Crippen LogP contribution in [-0.2, 0) is 4.79 Å². The number of rotatable bonds is 5. The van der Waals surface area contributed by atoms with Gasteiger partial charge < -0.3 is 14.5 Å². The molecule has 1 atom stereocenters. The van der Waals surface area contributed by atoms with E-state index >= 15 is 0 Å². The molecule has 0 aliphatic carbocycles. The number of carbonyl (C=O) groups excluding carboxylic acids is 1. The number of amides is 1. The van der Waals surface area contributed by atoms with E-state index < -0.39 is 17.1 Å². The summed E-state index contributed by atoms with van der Waals surface area (Å²) in [7, 11) is 0. The Bertz CT molecular complexity index is 914. The molecule has 2 rings (SSSR count). The Morgan fingerprint density at radius 3 is 2.72 bits per heavy atom. The highest BCUT2D eigenvalue weighted by molar-refractivity contribution is 6.32. The molecular formula is C18H19ClN2O4. The number of benzene rings is 1. The molecule has 6 nitrogen and oxygen atoms in total. The number of carbonyl (C=O) groups is 1. The maximum absolute atomic E-state index is 12.1. The molecule has 25 heavy (non-hydrogen) atoms. The topological polar surface area (TPSA) is 92.3 Å². The van der Waals surface area contributed by atoms with Crippen LogP contribution in [0.15, 0.2) is 27.4 Å². The van der Waals surface area contributed by atoms with E-state index in [4.69, 9.17) is 20.8 Å². The SMILES string of the molecule is Cc1cc(=O)oc2cc(OCC(=O)N[C@@](C)(C#N)C(C)C)c(Cl)cc12. The second kappa shape index (κ2) is 7.16. The third-order valence-electron chi connectivity index (χ3n) is 4.15. The van der Waals surface area contributed by atoms with E-state index in [1.54, 1.807) is 19.9 Å². The summed E-state index contributed by atoms with van der Waals surface area (Å²) < 4.78 is 10.6. The van der Waals surface area contributed by atoms with Gasteiger partial charge in [-0.25, -0.2) is 4.79 Å². The van der Waals surface area contributed by atoms with Crippen molar-refractivity contribution in [2.75, 3.05) is 6.61 Å². The van der Waals surface area contributed by atoms with Crippen LogP contribution in [0.5, 0.6) is 5.75 Å². The van der Waals surface area contributed by atoms with Crippen LogP contribution in [0.25, 0.3) is 11.0 Å². The summed E-state index contributed by atoms with van der Waals surface area (Å²) >= 11 is 6.18. The Balaban J connectivity index is 2.18. The number of nitriles is 1. The van der Waals surface area contributed by atoms with E-state index in [-0.39, 0.29) is 18.3 Å². The van der Waals surface area contributed by atoms with Crippen LogP contribution in [0.1, 0.15) is 26.3 Å². The van der Waals surface area contributed by atoms with Gasteiger partial charge >= 0.3 is 5.63 Å². The predicted molar refractivity (Wildman–Crippen MR) is 94.7 cm³/mol. The van der Waals surface area contributed by atoms with Crippen molar-refractivity contribution in [2.45, 2.75) is 33.2 Å². The summed E-state index contributed by atoms with van der Waals surface area (Å²) in [6.07, 6.45) is 0. The van der Waals surface area contributed by atoms with Crippen molar-refractivity contribution in [3.8, 4) is 11.8 Å². The van der Waals surface area contributed by atoms with Crippen LogP contribution in [0, 0.1) is 24.2 Å². The van der Waals surface area contributed by atoms with Crippen molar-refractivity contribution in [3.63, 3.8) is 0 Å². The molecule has 2 aromatic rings. The molecule has 0 saturated heterocycles. The van der Waals surface area contributed by atoms with Crippen LogP contribution in [-0.4, -0.2) is 18.1 Å². The molecule has 0 spiro atoms. The van der Waals surface area contributed by atoms with Crippen molar-refractivity contribution in [1.82, 2.24) is 5.32 Å². The fraction of sp³-hybridized carbons (Fsp3) is 0.389. The zero-order valence-electron chi connectivity index (χ0n) is 14.5. The van der Waals surface area contributed by atoms with Gasteiger partial charge in [-0.15, -0.1) is 0 Å². The Labute approximate surface area is 150 Å². The van der Waals surface area contributed by atoms with Gasteiger partial charge in [-0.3, -0.25) is 4.79 Å². The first-order chi connectivity index (χ1) is 11.7. The second-order valence-corrected chi connectivity index (χ2v) is 6.74. The molecule has 1 amide bonds. The summed E-state index contributed by atoms with van der Waals surface area (Å²) in [4.78, 5) is 23.6. The summed E-state index contributed by atoms with van der Waals surface area (Å²) in [6, 6.07) is 6.57. The number of hydrogen-bond acceptors (Lipinski definition) is 5. The van der Waals surface area contributed by atoms with Crippen LogP contribution in [0.3, 0.4) is 0 Å². The van der Waals surface area contributed by atoms with E-state index in [0.717, 1.165) is 5.56 Å². The molecule has 1 aromatic carbocycles. The van der Waals surface area contributed by atoms with Crippen molar-refractivity contribution in [2.24, 2.45) is 5.92 Å². The molecular weight excluding hydrogens is 344 g/mol. The zero-order valence-corrected chi connectivity index (χ0v) is 15.2. The molecule has 1 aromatic heterocycles. The maximum Gasteiger partial charge on any atom is 0.336 e. The highest BCUT2D eigenvalue weighted by atomic mass is 35.5. The normalized spacial score (nSPS) is 13.3. The van der Waals surface area contributed by atoms with E-state index in [1.807, 2.05) is 13.8 Å². The average Bonchev–Trinajstić information content (AvgIpc) is 2.53. The maximum atomic E-state index is 12.1. The highest BCUT2D eigenvalue weighted by Crippen LogP contribution is 2.31. The molecule has 1 heterocycles. The van der Waals surface area contributed by atoms with Crippen LogP contribution >= 0.6 is 11.6 Å². The number of fused-ring (bicyclic) bond motifs is 1. The van der Waals surface area contributed by atoms with E-state index in [9.17, 15) is 14.9 Å². The smallest absolute Gasteiger partial charge is 0.336 e. The van der Waals surface area contributed by atoms with Gasteiger partial charge in [-0.2, -0.15) is 5.26 Å². The Morgan fingerprint density at radius 2 is 2.12 bits per heavy atom. The first kappa shape index (κ1) is 18.8. The van der Waals surface area contributed by atoms with Crippen LogP contribution in [0.2, 0.25) is 5.02 Å². The Hall–Kier alpha value is -2.52. The van der Waals surface area contributed by atoms with Gasteiger partial charge in [0.15, 0.2) is 6.61 Å². The van der Waals surface area contributed by atoms with Gasteiger partial charge in [-0.05, 0) is 31.4 Å². The lowest BCUT2D eigenvalue weighted by Gasteiger charge is -2.27. The molecule has 0 fully saturated rings. The molecule has 0 unspecified atom stereocenters. The first-order valence-electron chi connectivity index (χ1n) is 7.75. The van der Waals surface area contributed by atoms with Crippen molar-refractivity contribution >= 4 is 28.5 Å². The molecule has 1 N–H and O–H groups in total. The fourth-order valence-electron chi connectivity index (χ4n) is 2.20. The van der Waals surface area contributed by atoms with Gasteiger partial charge in [0.2, 0.25) is 0 Å². The largest absolute Gasteiger partial charge is 0.482 e. The van der Waals surface area contributed by atoms with E-state index in [0.29, 0.717) is 16.0 Å². The minimum atomic E-state index is -0.989. The summed E-state index contributed by atoms with van der Waals surface area (Å²) in [5, 5.41) is 12.9. The molecule has 132 valence electrons. The minimum absolute atomic E-state index is 0.0667. The molecule has 0 bridgehead atoms. The number of halogens is 1. The standard InChI is InChI=1S/C18H19ClN2O4/c1-10(2)18(4,9-20)21-16(22)8-24-15-7-14-12(6-13(15)19)11(3)5-17(23)25-14/h5-7,10H,8H2,1-4H3,(H,21,22)/t18-/m0/s1. The summed E-state index contributed by atoms with van der Waals surface area (Å²) in [5.41, 5.74) is -0.400. The lowest BCUT2D eigenvalue weighted by atomic mass is 9.90. The predicted octanol–water partition coefficient (Wildman–Crippen LogP) is 3.19. The Kier molecular flexibility index (Phi) is 5.39. The lowest BCUT2D eigenvalue weighted by Crippen LogP contribution is -2.50. The van der Waals surface area contributed by atoms with Crippen LogP contribution < -0.4 is 15.7 Å². The van der Waals surface area contributed by atoms with Gasteiger partial charge in [0.1, 0.15) is 16.9 Å². The first-order valence-corrected chi connectivity index (χ1v) is 8.13. The lowest BCUT2D eigenvalue weighted by molar-refractivity contribution is -0.124. The zero-order chi connectivity index (χ0) is 18.8. The van der Waals surface area contributed by atoms with Crippen molar-refractivity contribution in [1.29, 1.82) is 5.26 Å². The van der Waals surface area contributed by atoms with E-state index in [2.05, 4.69) is 11.4 Å². The molecule has 0 radical (unpaired) electrons. The van der Waals surface area contributed by atoms with Gasteiger partial charge in [-0.1, -0.05) is 25.4 Å². The molecule has 0 aliphatic rings. The van der Waals surface area contributed by atoms with Gasteiger partial charge in [0.25, 0.3) is 5.91 Å². The van der Waals surface area contributed by atoms with Crippen molar-refractivity contribution in [3.05, 3.63) is 39.2 Å². The van der Waals surface area contributed by atoms with Gasteiger partial charge in [0.05, 0.1) is 11.1 Å². The summed E-state index contributed by atoms with van der Waals surface area (Å²) in [6.45, 7) is 6.79.